The fourth-order valence-corrected chi connectivity index (χ4v) is 5.84. The lowest BCUT2D eigenvalue weighted by molar-refractivity contribution is -0.154. The quantitative estimate of drug-likeness (QED) is 0.108. The fourth-order valence-electron chi connectivity index (χ4n) is 5.71. The molecule has 1 amide bonds. The number of nitrogens with zero attached hydrogens (tertiary/aromatic N) is 8. The van der Waals surface area contributed by atoms with Gasteiger partial charge < -0.3 is 30.1 Å². The van der Waals surface area contributed by atoms with Gasteiger partial charge in [0, 0.05) is 55.6 Å². The van der Waals surface area contributed by atoms with Crippen molar-refractivity contribution in [2.75, 3.05) is 56.5 Å². The minimum Gasteiger partial charge on any atom is -0.454 e. The summed E-state index contributed by atoms with van der Waals surface area (Å²) in [6, 6.07) is 6.73. The number of aliphatic imine (C=N–C) groups is 1. The van der Waals surface area contributed by atoms with Crippen LogP contribution in [0.2, 0.25) is 5.02 Å². The summed E-state index contributed by atoms with van der Waals surface area (Å²) < 4.78 is 43.7. The number of carbonyl (C=O) groups is 1. The summed E-state index contributed by atoms with van der Waals surface area (Å²) in [5.74, 6) is 0.424. The number of alkyl halides is 3. The third kappa shape index (κ3) is 9.62. The second kappa shape index (κ2) is 15.6. The van der Waals surface area contributed by atoms with Crippen LogP contribution in [0.4, 0.5) is 25.1 Å². The average molecular weight is 699 g/mol. The maximum Gasteiger partial charge on any atom is 0.422 e. The van der Waals surface area contributed by atoms with Crippen molar-refractivity contribution >= 4 is 35.4 Å². The number of hydrogen-bond acceptors (Lipinski definition) is 9. The van der Waals surface area contributed by atoms with E-state index in [-0.39, 0.29) is 23.5 Å². The van der Waals surface area contributed by atoms with Crippen LogP contribution in [0.5, 0.6) is 6.01 Å². The second-order valence-corrected chi connectivity index (χ2v) is 12.4. The van der Waals surface area contributed by atoms with Crippen molar-refractivity contribution in [2.24, 2.45) is 4.99 Å². The number of aromatic nitrogens is 3. The highest BCUT2D eigenvalue weighted by atomic mass is 35.5. The molecule has 5 rings (SSSR count). The Labute approximate surface area is 288 Å². The van der Waals surface area contributed by atoms with E-state index in [9.17, 15) is 23.2 Å². The van der Waals surface area contributed by atoms with Crippen molar-refractivity contribution in [1.29, 1.82) is 5.26 Å². The predicted molar refractivity (Wildman–Crippen MR) is 180 cm³/mol. The molecule has 3 aliphatic rings. The largest absolute Gasteiger partial charge is 0.454 e. The number of amides is 1. The SMILES string of the molecule is C=C(/C=C\C(=C/C)C(=O)N1CCN(/C(=N/C#N)N2CCCCC2)CC1)Nc1nc(NC2(c3ccc(Cl)cc3)CC2)nc(OCC(F)(F)F)n1. The molecule has 2 saturated heterocycles. The van der Waals surface area contributed by atoms with Crippen LogP contribution in [-0.4, -0.2) is 93.6 Å². The Bertz CT molecular complexity index is 1640. The summed E-state index contributed by atoms with van der Waals surface area (Å²) in [6.45, 7) is 7.86. The lowest BCUT2D eigenvalue weighted by Crippen LogP contribution is -2.55. The number of piperidine rings is 1. The molecule has 16 heteroatoms. The van der Waals surface area contributed by atoms with Crippen molar-refractivity contribution in [3.05, 3.63) is 70.9 Å². The van der Waals surface area contributed by atoms with E-state index in [2.05, 4.69) is 47.0 Å². The molecule has 0 atom stereocenters. The van der Waals surface area contributed by atoms with Crippen molar-refractivity contribution < 1.29 is 22.7 Å². The number of guanidine groups is 1. The van der Waals surface area contributed by atoms with E-state index in [1.807, 2.05) is 18.3 Å². The van der Waals surface area contributed by atoms with Crippen LogP contribution >= 0.6 is 11.6 Å². The van der Waals surface area contributed by atoms with Crippen LogP contribution < -0.4 is 15.4 Å². The van der Waals surface area contributed by atoms with Crippen molar-refractivity contribution in [3.8, 4) is 12.2 Å². The zero-order chi connectivity index (χ0) is 35.0. The molecule has 12 nitrogen and oxygen atoms in total. The number of hydrogen-bond donors (Lipinski definition) is 2. The summed E-state index contributed by atoms with van der Waals surface area (Å²) >= 11 is 6.04. The Balaban J connectivity index is 1.22. The first kappa shape index (κ1) is 35.5. The fraction of sp³-hybridized carbons (Fsp3) is 0.455. The molecule has 0 spiro atoms. The molecule has 0 bridgehead atoms. The Morgan fingerprint density at radius 3 is 2.27 bits per heavy atom. The van der Waals surface area contributed by atoms with Crippen LogP contribution in [0.1, 0.15) is 44.6 Å². The molecule has 1 saturated carbocycles. The summed E-state index contributed by atoms with van der Waals surface area (Å²) in [7, 11) is 0. The van der Waals surface area contributed by atoms with Gasteiger partial charge in [0.2, 0.25) is 24.0 Å². The van der Waals surface area contributed by atoms with E-state index < -0.39 is 24.3 Å². The van der Waals surface area contributed by atoms with E-state index in [0.717, 1.165) is 50.8 Å². The van der Waals surface area contributed by atoms with Crippen molar-refractivity contribution in [2.45, 2.75) is 50.7 Å². The number of nitrogens with one attached hydrogen (secondary N) is 2. The Hall–Kier alpha value is -4.84. The van der Waals surface area contributed by atoms with Gasteiger partial charge in [-0.1, -0.05) is 36.4 Å². The third-order valence-corrected chi connectivity index (χ3v) is 8.66. The van der Waals surface area contributed by atoms with Gasteiger partial charge in [-0.25, -0.2) is 0 Å². The number of ether oxygens (including phenoxy) is 1. The number of allylic oxidation sites excluding steroid dienone is 2. The number of halogens is 4. The van der Waals surface area contributed by atoms with Gasteiger partial charge in [0.15, 0.2) is 6.61 Å². The molecule has 0 unspecified atom stereocenters. The summed E-state index contributed by atoms with van der Waals surface area (Å²) in [5, 5.41) is 15.9. The maximum atomic E-state index is 13.4. The van der Waals surface area contributed by atoms with E-state index in [0.29, 0.717) is 42.7 Å². The molecule has 2 aliphatic heterocycles. The van der Waals surface area contributed by atoms with Gasteiger partial charge >= 0.3 is 12.2 Å². The van der Waals surface area contributed by atoms with E-state index in [1.54, 1.807) is 42.2 Å². The first-order valence-corrected chi connectivity index (χ1v) is 16.4. The highest BCUT2D eigenvalue weighted by molar-refractivity contribution is 6.30. The van der Waals surface area contributed by atoms with Crippen LogP contribution in [0.3, 0.4) is 0 Å². The number of anilines is 2. The summed E-state index contributed by atoms with van der Waals surface area (Å²) in [4.78, 5) is 35.9. The van der Waals surface area contributed by atoms with Crippen LogP contribution in [0.25, 0.3) is 0 Å². The third-order valence-electron chi connectivity index (χ3n) is 8.41. The van der Waals surface area contributed by atoms with E-state index in [4.69, 9.17) is 16.3 Å². The smallest absolute Gasteiger partial charge is 0.422 e. The Morgan fingerprint density at radius 1 is 1.02 bits per heavy atom. The van der Waals surface area contributed by atoms with Gasteiger partial charge in [0.1, 0.15) is 0 Å². The summed E-state index contributed by atoms with van der Waals surface area (Å²) in [5.41, 5.74) is 1.11. The number of piperazine rings is 1. The molecule has 2 aromatic rings. The van der Waals surface area contributed by atoms with Crippen LogP contribution in [-0.2, 0) is 10.3 Å². The zero-order valence-electron chi connectivity index (χ0n) is 27.1. The molecule has 3 heterocycles. The first-order valence-electron chi connectivity index (χ1n) is 16.0. The molecule has 1 aromatic carbocycles. The van der Waals surface area contributed by atoms with Gasteiger partial charge in [-0.2, -0.15) is 33.4 Å². The number of nitriles is 1. The molecule has 260 valence electrons. The molecular weight excluding hydrogens is 661 g/mol. The maximum absolute atomic E-state index is 13.4. The van der Waals surface area contributed by atoms with Gasteiger partial charge in [-0.15, -0.1) is 4.99 Å². The highest BCUT2D eigenvalue weighted by Crippen LogP contribution is 2.48. The minimum atomic E-state index is -4.59. The number of benzene rings is 1. The lowest BCUT2D eigenvalue weighted by Gasteiger charge is -2.40. The molecule has 2 N–H and O–H groups in total. The lowest BCUT2D eigenvalue weighted by atomic mass is 10.1. The monoisotopic (exact) mass is 698 g/mol. The van der Waals surface area contributed by atoms with Crippen molar-refractivity contribution in [3.63, 3.8) is 0 Å². The van der Waals surface area contributed by atoms with Gasteiger partial charge in [0.05, 0.1) is 5.54 Å². The minimum absolute atomic E-state index is 0.0191. The van der Waals surface area contributed by atoms with Gasteiger partial charge in [0.25, 0.3) is 5.91 Å². The van der Waals surface area contributed by atoms with E-state index in [1.165, 1.54) is 0 Å². The van der Waals surface area contributed by atoms with Gasteiger partial charge in [-0.05, 0) is 68.9 Å². The highest BCUT2D eigenvalue weighted by Gasteiger charge is 2.45. The Morgan fingerprint density at radius 2 is 1.65 bits per heavy atom. The van der Waals surface area contributed by atoms with Crippen LogP contribution in [0, 0.1) is 11.5 Å². The zero-order valence-corrected chi connectivity index (χ0v) is 27.9. The first-order chi connectivity index (χ1) is 23.5. The predicted octanol–water partition coefficient (Wildman–Crippen LogP) is 5.46. The average Bonchev–Trinajstić information content (AvgIpc) is 3.87. The second-order valence-electron chi connectivity index (χ2n) is 11.9. The number of carbonyl (C=O) groups excluding carboxylic acids is 1. The standard InChI is InChI=1S/C33H38ClF3N10O2/c1-3-24(27(48)45-17-19-47(20-18-45)31(39-22-38)46-15-5-4-6-16-46)8-7-23(2)40-28-41-29(43-30(42-28)49-21-33(35,36)37)44-32(13-14-32)25-9-11-26(34)12-10-25/h3,7-12H,2,4-6,13-21H2,1H3,(H2,40,41,42,43,44)/b8-7-,24-3+,39-31+. The van der Waals surface area contributed by atoms with Crippen molar-refractivity contribution in [1.82, 2.24) is 29.7 Å². The topological polar surface area (TPSA) is 135 Å². The molecule has 3 fully saturated rings. The number of rotatable bonds is 10. The molecular formula is C33H38ClF3N10O2. The molecule has 1 aliphatic carbocycles. The Kier molecular flexibility index (Phi) is 11.3. The van der Waals surface area contributed by atoms with Gasteiger partial charge in [-0.3, -0.25) is 4.79 Å². The van der Waals surface area contributed by atoms with E-state index >= 15 is 0 Å². The normalized spacial score (nSPS) is 18.2. The molecule has 49 heavy (non-hydrogen) atoms. The summed E-state index contributed by atoms with van der Waals surface area (Å²) in [6.07, 6.45) is 6.96. The number of likely N-dealkylation sites (tertiary alicyclic amines) is 1. The molecule has 0 radical (unpaired) electrons. The molecule has 1 aromatic heterocycles. The van der Waals surface area contributed by atoms with Crippen LogP contribution in [0.15, 0.2) is 65.3 Å².